The molecule has 9 heteroatoms. The summed E-state index contributed by atoms with van der Waals surface area (Å²) in [5, 5.41) is 2.45. The lowest BCUT2D eigenvalue weighted by Gasteiger charge is -2.33. The first kappa shape index (κ1) is 27.9. The second-order valence-electron chi connectivity index (χ2n) is 10.4. The molecule has 1 aliphatic heterocycles. The fraction of sp³-hybridized carbons (Fsp3) is 0.520. The first-order valence-corrected chi connectivity index (χ1v) is 16.2. The molecule has 0 aliphatic carbocycles. The summed E-state index contributed by atoms with van der Waals surface area (Å²) in [6.07, 6.45) is -0.998. The van der Waals surface area contributed by atoms with E-state index in [-0.39, 0.29) is 23.7 Å². The molecule has 1 unspecified atom stereocenters. The van der Waals surface area contributed by atoms with Crippen molar-refractivity contribution in [2.24, 2.45) is 0 Å². The van der Waals surface area contributed by atoms with Gasteiger partial charge in [-0.25, -0.2) is 17.8 Å². The van der Waals surface area contributed by atoms with E-state index in [9.17, 15) is 9.79 Å². The third kappa shape index (κ3) is 5.97. The van der Waals surface area contributed by atoms with Crippen LogP contribution in [0.4, 0.5) is 0 Å². The Morgan fingerprint density at radius 1 is 0.912 bits per heavy atom. The van der Waals surface area contributed by atoms with Crippen LogP contribution in [-0.2, 0) is 23.2 Å². The Hall–Kier alpha value is -0.723. The highest BCUT2D eigenvalue weighted by molar-refractivity contribution is 7.72. The van der Waals surface area contributed by atoms with Crippen LogP contribution in [0.25, 0.3) is 0 Å². The van der Waals surface area contributed by atoms with Crippen LogP contribution >= 0.6 is 15.9 Å². The standard InChI is InChI=1S/C25H37O6P2Si/c1-17(2)28-32(26,29-18(3)4)22-15-20(25(7,8)9)16-23-24(22)34(21-13-11-10-12-14-21)31-33(23,27)30-19(5)6/h10-19H,1-9H3. The summed E-state index contributed by atoms with van der Waals surface area (Å²) in [7, 11) is -9.55. The summed E-state index contributed by atoms with van der Waals surface area (Å²) in [6.45, 7) is 17.2. The third-order valence-electron chi connectivity index (χ3n) is 5.08. The molecule has 1 heterocycles. The fourth-order valence-corrected chi connectivity index (χ4v) is 12.4. The number of hydrogen-bond acceptors (Lipinski definition) is 6. The van der Waals surface area contributed by atoms with Crippen LogP contribution in [0.1, 0.15) is 67.9 Å². The molecular formula is C25H37O6P2Si. The Balaban J connectivity index is 2.39. The molecule has 0 saturated heterocycles. The summed E-state index contributed by atoms with van der Waals surface area (Å²) < 4.78 is 24.3. The van der Waals surface area contributed by atoms with Gasteiger partial charge in [-0.1, -0.05) is 51.1 Å². The van der Waals surface area contributed by atoms with Gasteiger partial charge in [-0.15, -0.1) is 0 Å². The Kier molecular flexibility index (Phi) is 8.47. The fourth-order valence-electron chi connectivity index (χ4n) is 3.76. The van der Waals surface area contributed by atoms with E-state index in [1.165, 1.54) is 0 Å². The maximum absolute atomic E-state index is 14.5. The van der Waals surface area contributed by atoms with E-state index < -0.39 is 24.9 Å². The zero-order valence-corrected chi connectivity index (χ0v) is 24.4. The van der Waals surface area contributed by atoms with Crippen molar-refractivity contribution in [2.45, 2.75) is 86.0 Å². The largest absolute Gasteiger partial charge is 0.628 e. The summed E-state index contributed by atoms with van der Waals surface area (Å²) >= 11 is 0. The molecule has 0 amide bonds. The van der Waals surface area contributed by atoms with E-state index in [0.29, 0.717) is 15.8 Å². The minimum absolute atomic E-state index is 0.310. The molecular weight excluding hydrogens is 486 g/mol. The van der Waals surface area contributed by atoms with Crippen molar-refractivity contribution in [3.8, 4) is 0 Å². The molecule has 1 atom stereocenters. The minimum atomic E-state index is -3.80. The van der Waals surface area contributed by atoms with Gasteiger partial charge in [-0.3, -0.25) is 0 Å². The van der Waals surface area contributed by atoms with Crippen LogP contribution in [0.5, 0.6) is 0 Å². The first-order valence-electron chi connectivity index (χ1n) is 11.7. The maximum atomic E-state index is 14.5. The van der Waals surface area contributed by atoms with Crippen LogP contribution in [0.3, 0.4) is 0 Å². The van der Waals surface area contributed by atoms with Crippen molar-refractivity contribution in [3.63, 3.8) is 0 Å². The van der Waals surface area contributed by atoms with Gasteiger partial charge in [0.2, 0.25) is 0 Å². The van der Waals surface area contributed by atoms with Gasteiger partial charge in [0.15, 0.2) is 10.6 Å². The third-order valence-corrected chi connectivity index (χ3v) is 13.0. The lowest BCUT2D eigenvalue weighted by Crippen LogP contribution is -2.54. The Morgan fingerprint density at radius 2 is 1.47 bits per heavy atom. The molecule has 2 aromatic carbocycles. The molecule has 2 aromatic rings. The molecule has 6 nitrogen and oxygen atoms in total. The second-order valence-corrected chi connectivity index (χ2v) is 16.4. The number of rotatable bonds is 8. The number of fused-ring (bicyclic) bond motifs is 1. The minimum Gasteiger partial charge on any atom is -0.628 e. The van der Waals surface area contributed by atoms with Crippen molar-refractivity contribution < 1.29 is 27.6 Å². The predicted octanol–water partition coefficient (Wildman–Crippen LogP) is 2.89. The van der Waals surface area contributed by atoms with E-state index in [1.807, 2.05) is 84.0 Å². The monoisotopic (exact) mass is 523 g/mol. The quantitative estimate of drug-likeness (QED) is 0.391. The zero-order valence-electron chi connectivity index (χ0n) is 21.6. The molecule has 0 saturated carbocycles. The smallest absolute Gasteiger partial charge is 0.357 e. The van der Waals surface area contributed by atoms with Crippen LogP contribution in [-0.4, -0.2) is 27.4 Å². The molecule has 0 aromatic heterocycles. The predicted molar refractivity (Wildman–Crippen MR) is 139 cm³/mol. The van der Waals surface area contributed by atoms with Gasteiger partial charge in [0.25, 0.3) is 15.9 Å². The van der Waals surface area contributed by atoms with Crippen molar-refractivity contribution in [2.75, 3.05) is 0 Å². The topological polar surface area (TPSA) is 83.0 Å². The molecule has 1 radical (unpaired) electrons. The average molecular weight is 524 g/mol. The zero-order chi connectivity index (χ0) is 25.5. The van der Waals surface area contributed by atoms with Gasteiger partial charge in [-0.05, 0) is 69.8 Å². The highest BCUT2D eigenvalue weighted by Gasteiger charge is 2.57. The lowest BCUT2D eigenvalue weighted by atomic mass is 9.87. The summed E-state index contributed by atoms with van der Waals surface area (Å²) in [6, 6.07) is 13.4. The SMILES string of the molecule is CC(C)O[P+]([O-])(OC(C)C)c1cc(C(C)(C)C)cc2c1[Si](c1ccccc1)O[P+]2([O-])OC(C)C. The van der Waals surface area contributed by atoms with E-state index in [4.69, 9.17) is 17.8 Å². The number of hydrogen-bond donors (Lipinski definition) is 0. The molecule has 0 bridgehead atoms. The first-order chi connectivity index (χ1) is 15.7. The van der Waals surface area contributed by atoms with Crippen molar-refractivity contribution in [3.05, 3.63) is 48.0 Å². The average Bonchev–Trinajstić information content (AvgIpc) is 2.98. The van der Waals surface area contributed by atoms with E-state index in [1.54, 1.807) is 0 Å². The van der Waals surface area contributed by atoms with Crippen LogP contribution in [0.15, 0.2) is 42.5 Å². The molecule has 0 fully saturated rings. The van der Waals surface area contributed by atoms with Crippen molar-refractivity contribution >= 4 is 45.9 Å². The van der Waals surface area contributed by atoms with Gasteiger partial charge < -0.3 is 9.79 Å². The maximum Gasteiger partial charge on any atom is 0.357 e. The van der Waals surface area contributed by atoms with Gasteiger partial charge in [-0.2, -0.15) is 0 Å². The van der Waals surface area contributed by atoms with Gasteiger partial charge in [0.1, 0.15) is 0 Å². The molecule has 3 rings (SSSR count). The molecule has 187 valence electrons. The molecule has 34 heavy (non-hydrogen) atoms. The highest BCUT2D eigenvalue weighted by Crippen LogP contribution is 2.58. The van der Waals surface area contributed by atoms with Gasteiger partial charge in [0, 0.05) is 0 Å². The highest BCUT2D eigenvalue weighted by atomic mass is 31.2. The van der Waals surface area contributed by atoms with Crippen molar-refractivity contribution in [1.29, 1.82) is 0 Å². The summed E-state index contributed by atoms with van der Waals surface area (Å²) in [5.74, 6) is 0. The second kappa shape index (κ2) is 10.3. The normalized spacial score (nSPS) is 19.5. The lowest BCUT2D eigenvalue weighted by molar-refractivity contribution is -0.219. The van der Waals surface area contributed by atoms with Crippen LogP contribution < -0.4 is 30.8 Å². The summed E-state index contributed by atoms with van der Waals surface area (Å²) in [5.41, 5.74) is 0.559. The van der Waals surface area contributed by atoms with Crippen LogP contribution in [0, 0.1) is 0 Å². The van der Waals surface area contributed by atoms with Crippen molar-refractivity contribution in [1.82, 2.24) is 0 Å². The Labute approximate surface area is 207 Å². The molecule has 1 aliphatic rings. The van der Waals surface area contributed by atoms with E-state index in [2.05, 4.69) is 20.8 Å². The van der Waals surface area contributed by atoms with E-state index in [0.717, 1.165) is 10.8 Å². The Morgan fingerprint density at radius 3 is 1.94 bits per heavy atom. The Bertz CT molecular complexity index is 983. The summed E-state index contributed by atoms with van der Waals surface area (Å²) in [4.78, 5) is 28.7. The van der Waals surface area contributed by atoms with Crippen LogP contribution in [0.2, 0.25) is 0 Å². The van der Waals surface area contributed by atoms with E-state index >= 15 is 0 Å². The van der Waals surface area contributed by atoms with Gasteiger partial charge >= 0.3 is 9.04 Å². The molecule has 0 N–H and O–H groups in total. The van der Waals surface area contributed by atoms with Gasteiger partial charge in [0.05, 0.1) is 23.5 Å². The molecule has 0 spiro atoms. The number of benzene rings is 2.